The molecular formula is C13H16N2O. The lowest BCUT2D eigenvalue weighted by molar-refractivity contribution is -0.122. The van der Waals surface area contributed by atoms with Gasteiger partial charge in [-0.3, -0.25) is 14.7 Å². The molecule has 0 saturated carbocycles. The molecule has 1 amide bonds. The van der Waals surface area contributed by atoms with E-state index in [2.05, 4.69) is 17.1 Å². The first kappa shape index (κ1) is 10.9. The van der Waals surface area contributed by atoms with E-state index >= 15 is 0 Å². The monoisotopic (exact) mass is 216 g/mol. The number of hydrogen-bond donors (Lipinski definition) is 0. The molecule has 16 heavy (non-hydrogen) atoms. The van der Waals surface area contributed by atoms with Gasteiger partial charge in [0.2, 0.25) is 0 Å². The van der Waals surface area contributed by atoms with Gasteiger partial charge in [0.1, 0.15) is 0 Å². The van der Waals surface area contributed by atoms with Crippen molar-refractivity contribution in [2.24, 2.45) is 4.99 Å². The SMILES string of the molecule is C/C=C/C1=C2CC=CC2N=CN(CC)C1=O. The lowest BCUT2D eigenvalue weighted by Gasteiger charge is -2.14. The quantitative estimate of drug-likeness (QED) is 0.650. The molecule has 0 spiro atoms. The van der Waals surface area contributed by atoms with Gasteiger partial charge >= 0.3 is 0 Å². The fraction of sp³-hybridized carbons (Fsp3) is 0.385. The van der Waals surface area contributed by atoms with E-state index in [1.165, 1.54) is 0 Å². The third-order valence-corrected chi connectivity index (χ3v) is 2.89. The topological polar surface area (TPSA) is 32.7 Å². The Hall–Kier alpha value is -1.64. The molecular weight excluding hydrogens is 200 g/mol. The number of rotatable bonds is 2. The molecule has 84 valence electrons. The Morgan fingerprint density at radius 2 is 2.44 bits per heavy atom. The maximum absolute atomic E-state index is 12.2. The lowest BCUT2D eigenvalue weighted by Crippen LogP contribution is -2.29. The van der Waals surface area contributed by atoms with Crippen LogP contribution in [0, 0.1) is 0 Å². The summed E-state index contributed by atoms with van der Waals surface area (Å²) in [6.07, 6.45) is 10.4. The second-order valence-electron chi connectivity index (χ2n) is 3.87. The molecule has 2 aliphatic rings. The van der Waals surface area contributed by atoms with Crippen molar-refractivity contribution in [1.82, 2.24) is 4.90 Å². The molecule has 0 fully saturated rings. The van der Waals surface area contributed by atoms with E-state index in [0.29, 0.717) is 6.54 Å². The van der Waals surface area contributed by atoms with Crippen LogP contribution in [0.15, 0.2) is 40.4 Å². The van der Waals surface area contributed by atoms with E-state index in [1.807, 2.05) is 26.0 Å². The summed E-state index contributed by atoms with van der Waals surface area (Å²) < 4.78 is 0. The first-order valence-corrected chi connectivity index (χ1v) is 5.64. The van der Waals surface area contributed by atoms with Gasteiger partial charge in [-0.05, 0) is 25.8 Å². The van der Waals surface area contributed by atoms with Crippen molar-refractivity contribution < 1.29 is 4.79 Å². The molecule has 0 radical (unpaired) electrons. The molecule has 3 nitrogen and oxygen atoms in total. The first-order chi connectivity index (χ1) is 7.77. The fourth-order valence-corrected chi connectivity index (χ4v) is 2.04. The Bertz CT molecular complexity index is 416. The van der Waals surface area contributed by atoms with Crippen LogP contribution in [0.3, 0.4) is 0 Å². The maximum atomic E-state index is 12.2. The highest BCUT2D eigenvalue weighted by Gasteiger charge is 2.26. The molecule has 0 aromatic heterocycles. The van der Waals surface area contributed by atoms with Gasteiger partial charge in [-0.15, -0.1) is 0 Å². The van der Waals surface area contributed by atoms with Crippen LogP contribution in [0.1, 0.15) is 20.3 Å². The van der Waals surface area contributed by atoms with Gasteiger partial charge in [-0.25, -0.2) is 0 Å². The van der Waals surface area contributed by atoms with Crippen molar-refractivity contribution in [2.45, 2.75) is 26.3 Å². The number of hydrogen-bond acceptors (Lipinski definition) is 2. The largest absolute Gasteiger partial charge is 0.299 e. The summed E-state index contributed by atoms with van der Waals surface area (Å²) in [5.41, 5.74) is 1.92. The third kappa shape index (κ3) is 1.73. The normalized spacial score (nSPS) is 24.5. The summed E-state index contributed by atoms with van der Waals surface area (Å²) in [4.78, 5) is 18.3. The predicted molar refractivity (Wildman–Crippen MR) is 65.3 cm³/mol. The molecule has 0 saturated heterocycles. The van der Waals surface area contributed by atoms with Crippen molar-refractivity contribution >= 4 is 12.2 Å². The molecule has 1 aliphatic carbocycles. The second kappa shape index (κ2) is 4.47. The molecule has 0 bridgehead atoms. The average molecular weight is 216 g/mol. The molecule has 0 aromatic carbocycles. The minimum Gasteiger partial charge on any atom is -0.299 e. The standard InChI is InChI=1S/C13H16N2O/c1-3-6-11-10-7-5-8-12(10)14-9-15(4-2)13(11)16/h3,5-6,8-9,12H,4,7H2,1-2H3/b6-3+. The summed E-state index contributed by atoms with van der Waals surface area (Å²) in [7, 11) is 0. The number of nitrogens with zero attached hydrogens (tertiary/aromatic N) is 2. The molecule has 0 aromatic rings. The highest BCUT2D eigenvalue weighted by molar-refractivity contribution is 6.04. The molecule has 1 aliphatic heterocycles. The van der Waals surface area contributed by atoms with Crippen LogP contribution in [0.25, 0.3) is 0 Å². The highest BCUT2D eigenvalue weighted by Crippen LogP contribution is 2.27. The number of likely N-dealkylation sites (N-methyl/N-ethyl adjacent to an activating group) is 1. The van der Waals surface area contributed by atoms with Crippen molar-refractivity contribution in [2.75, 3.05) is 6.54 Å². The minimum atomic E-state index is 0.0607. The van der Waals surface area contributed by atoms with E-state index in [4.69, 9.17) is 0 Å². The number of allylic oxidation sites excluding steroid dienone is 2. The minimum absolute atomic E-state index is 0.0607. The molecule has 0 N–H and O–H groups in total. The van der Waals surface area contributed by atoms with E-state index in [0.717, 1.165) is 17.6 Å². The van der Waals surface area contributed by atoms with Crippen LogP contribution in [0.5, 0.6) is 0 Å². The Morgan fingerprint density at radius 1 is 1.62 bits per heavy atom. The van der Waals surface area contributed by atoms with E-state index in [9.17, 15) is 4.79 Å². The third-order valence-electron chi connectivity index (χ3n) is 2.89. The van der Waals surface area contributed by atoms with Crippen molar-refractivity contribution in [3.05, 3.63) is 35.5 Å². The highest BCUT2D eigenvalue weighted by atomic mass is 16.2. The molecule has 2 rings (SSSR count). The summed E-state index contributed by atoms with van der Waals surface area (Å²) >= 11 is 0. The van der Waals surface area contributed by atoms with Gasteiger partial charge in [0.15, 0.2) is 0 Å². The van der Waals surface area contributed by atoms with E-state index in [1.54, 1.807) is 11.2 Å². The predicted octanol–water partition coefficient (Wildman–Crippen LogP) is 2.08. The summed E-state index contributed by atoms with van der Waals surface area (Å²) in [5.74, 6) is 0.0607. The van der Waals surface area contributed by atoms with Crippen molar-refractivity contribution in [1.29, 1.82) is 0 Å². The Balaban J connectivity index is 2.47. The molecule has 3 heteroatoms. The number of fused-ring (bicyclic) bond motifs is 1. The zero-order valence-corrected chi connectivity index (χ0v) is 9.68. The number of carbonyl (C=O) groups excluding carboxylic acids is 1. The fourth-order valence-electron chi connectivity index (χ4n) is 2.04. The maximum Gasteiger partial charge on any atom is 0.258 e. The Labute approximate surface area is 95.9 Å². The van der Waals surface area contributed by atoms with Crippen LogP contribution in [0.2, 0.25) is 0 Å². The summed E-state index contributed by atoms with van der Waals surface area (Å²) in [6.45, 7) is 4.55. The second-order valence-corrected chi connectivity index (χ2v) is 3.87. The van der Waals surface area contributed by atoms with Gasteiger partial charge in [0.05, 0.1) is 12.4 Å². The number of carbonyl (C=O) groups is 1. The van der Waals surface area contributed by atoms with Crippen molar-refractivity contribution in [3.8, 4) is 0 Å². The van der Waals surface area contributed by atoms with Crippen LogP contribution in [-0.2, 0) is 4.79 Å². The van der Waals surface area contributed by atoms with Crippen LogP contribution < -0.4 is 0 Å². The number of amides is 1. The average Bonchev–Trinajstić information content (AvgIpc) is 2.70. The lowest BCUT2D eigenvalue weighted by atomic mass is 10.0. The van der Waals surface area contributed by atoms with Gasteiger partial charge in [0, 0.05) is 12.1 Å². The van der Waals surface area contributed by atoms with Crippen molar-refractivity contribution in [3.63, 3.8) is 0 Å². The van der Waals surface area contributed by atoms with E-state index < -0.39 is 0 Å². The molecule has 1 heterocycles. The van der Waals surface area contributed by atoms with Crippen LogP contribution >= 0.6 is 0 Å². The zero-order chi connectivity index (χ0) is 11.5. The van der Waals surface area contributed by atoms with Gasteiger partial charge in [-0.2, -0.15) is 0 Å². The molecule has 1 atom stereocenters. The van der Waals surface area contributed by atoms with Gasteiger partial charge in [-0.1, -0.05) is 24.3 Å². The first-order valence-electron chi connectivity index (χ1n) is 5.64. The Morgan fingerprint density at radius 3 is 3.12 bits per heavy atom. The molecule has 1 unspecified atom stereocenters. The zero-order valence-electron chi connectivity index (χ0n) is 9.68. The summed E-state index contributed by atoms with van der Waals surface area (Å²) in [6, 6.07) is 0.0618. The van der Waals surface area contributed by atoms with Gasteiger partial charge in [0.25, 0.3) is 5.91 Å². The van der Waals surface area contributed by atoms with Gasteiger partial charge < -0.3 is 0 Å². The van der Waals surface area contributed by atoms with Crippen LogP contribution in [-0.4, -0.2) is 29.7 Å². The number of aliphatic imine (C=N–C) groups is 1. The Kier molecular flexibility index (Phi) is 3.04. The smallest absolute Gasteiger partial charge is 0.258 e. The van der Waals surface area contributed by atoms with Crippen LogP contribution in [0.4, 0.5) is 0 Å². The summed E-state index contributed by atoms with van der Waals surface area (Å²) in [5, 5.41) is 0. The van der Waals surface area contributed by atoms with E-state index in [-0.39, 0.29) is 11.9 Å².